The Hall–Kier alpha value is -2.20. The molecule has 3 rings (SSSR count). The number of nitrogens with zero attached hydrogens (tertiary/aromatic N) is 2. The Morgan fingerprint density at radius 2 is 1.76 bits per heavy atom. The molecule has 1 heterocycles. The lowest BCUT2D eigenvalue weighted by molar-refractivity contribution is -0.688. The summed E-state index contributed by atoms with van der Waals surface area (Å²) in [6.07, 6.45) is 3.72. The van der Waals surface area contributed by atoms with E-state index in [9.17, 15) is 17.1 Å². The molecule has 0 saturated carbocycles. The number of hydrogen-bond donors (Lipinski definition) is 0. The molecule has 33 heavy (non-hydrogen) atoms. The number of ether oxygens (including phenoxy) is 1. The van der Waals surface area contributed by atoms with Crippen LogP contribution in [-0.2, 0) is 28.1 Å². The van der Waals surface area contributed by atoms with Crippen molar-refractivity contribution in [3.05, 3.63) is 88.2 Å². The number of carbonyl (C=O) groups excluding carboxylic acids is 1. The maximum Gasteiger partial charge on any atom is 0.332 e. The van der Waals surface area contributed by atoms with Crippen molar-refractivity contribution in [3.8, 4) is 5.75 Å². The summed E-state index contributed by atoms with van der Waals surface area (Å²) in [5.74, 6) is 0.236. The summed E-state index contributed by atoms with van der Waals surface area (Å²) < 4.78 is 42.3. The van der Waals surface area contributed by atoms with Gasteiger partial charge in [0.15, 0.2) is 25.5 Å². The normalized spacial score (nSPS) is 10.9. The van der Waals surface area contributed by atoms with E-state index in [0.717, 1.165) is 11.1 Å². The lowest BCUT2D eigenvalue weighted by Gasteiger charge is -2.17. The van der Waals surface area contributed by atoms with E-state index >= 15 is 0 Å². The number of pyridine rings is 1. The van der Waals surface area contributed by atoms with Gasteiger partial charge in [-0.1, -0.05) is 35.3 Å². The standard InChI is InChI=1S/C22H20Cl2FN2O4S.BrH/c1-26(22(28)15-31-18-6-9-20(23)21(24)11-18)12-17-3-2-10-27(14-17)13-16-4-7-19(8-5-16)32(25,29)30;/h2-11,14H,12-13,15H2,1H3;1H/q+1;/p-1. The Morgan fingerprint density at radius 1 is 1.06 bits per heavy atom. The zero-order valence-electron chi connectivity index (χ0n) is 17.4. The van der Waals surface area contributed by atoms with Gasteiger partial charge in [-0.15, -0.1) is 3.89 Å². The highest BCUT2D eigenvalue weighted by Gasteiger charge is 2.14. The molecule has 0 fully saturated rings. The largest absolute Gasteiger partial charge is 1.00 e. The number of carbonyl (C=O) groups is 1. The van der Waals surface area contributed by atoms with E-state index in [2.05, 4.69) is 0 Å². The van der Waals surface area contributed by atoms with E-state index < -0.39 is 10.2 Å². The molecule has 0 aliphatic heterocycles. The van der Waals surface area contributed by atoms with Crippen LogP contribution in [0.25, 0.3) is 0 Å². The summed E-state index contributed by atoms with van der Waals surface area (Å²) in [5.41, 5.74) is 1.69. The smallest absolute Gasteiger partial charge is 0.332 e. The molecule has 0 radical (unpaired) electrons. The molecular formula is C22H20BrCl2FN2O4S. The molecule has 11 heteroatoms. The topological polar surface area (TPSA) is 67.6 Å². The molecule has 1 amide bonds. The number of halogens is 4. The Balaban J connectivity index is 0.00000385. The summed E-state index contributed by atoms with van der Waals surface area (Å²) in [6, 6.07) is 14.1. The van der Waals surface area contributed by atoms with Gasteiger partial charge >= 0.3 is 10.2 Å². The van der Waals surface area contributed by atoms with Gasteiger partial charge in [0.25, 0.3) is 5.91 Å². The number of benzene rings is 2. The van der Waals surface area contributed by atoms with Crippen molar-refractivity contribution < 1.29 is 43.4 Å². The summed E-state index contributed by atoms with van der Waals surface area (Å²) in [4.78, 5) is 13.6. The lowest BCUT2D eigenvalue weighted by atomic mass is 10.2. The summed E-state index contributed by atoms with van der Waals surface area (Å²) in [5, 5.41) is 0.753. The third-order valence-corrected chi connectivity index (χ3v) is 6.16. The molecule has 2 aromatic carbocycles. The molecule has 6 nitrogen and oxygen atoms in total. The highest BCUT2D eigenvalue weighted by molar-refractivity contribution is 7.86. The second-order valence-corrected chi connectivity index (χ2v) is 9.24. The Kier molecular flexibility index (Phi) is 9.66. The third kappa shape index (κ3) is 7.96. The first-order valence-electron chi connectivity index (χ1n) is 9.45. The van der Waals surface area contributed by atoms with E-state index in [1.165, 1.54) is 17.0 Å². The first-order valence-corrected chi connectivity index (χ1v) is 11.6. The minimum absolute atomic E-state index is 0. The van der Waals surface area contributed by atoms with Gasteiger partial charge in [-0.2, -0.15) is 8.42 Å². The molecule has 0 bridgehead atoms. The van der Waals surface area contributed by atoms with Crippen LogP contribution in [0.1, 0.15) is 11.1 Å². The average Bonchev–Trinajstić information content (AvgIpc) is 2.74. The molecule has 0 unspecified atom stereocenters. The zero-order valence-corrected chi connectivity index (χ0v) is 21.3. The second-order valence-electron chi connectivity index (χ2n) is 7.08. The molecule has 0 aliphatic rings. The van der Waals surface area contributed by atoms with Crippen LogP contribution in [0.3, 0.4) is 0 Å². The van der Waals surface area contributed by atoms with Crippen LogP contribution in [0.5, 0.6) is 5.75 Å². The Labute approximate surface area is 212 Å². The van der Waals surface area contributed by atoms with Crippen LogP contribution in [0.4, 0.5) is 3.89 Å². The van der Waals surface area contributed by atoms with Gasteiger partial charge in [-0.25, -0.2) is 4.57 Å². The van der Waals surface area contributed by atoms with Gasteiger partial charge in [0.2, 0.25) is 0 Å². The molecule has 176 valence electrons. The van der Waals surface area contributed by atoms with Crippen molar-refractivity contribution in [2.24, 2.45) is 0 Å². The van der Waals surface area contributed by atoms with Crippen molar-refractivity contribution >= 4 is 39.3 Å². The quantitative estimate of drug-likeness (QED) is 0.296. The van der Waals surface area contributed by atoms with Crippen LogP contribution in [0.15, 0.2) is 71.9 Å². The fraction of sp³-hybridized carbons (Fsp3) is 0.182. The zero-order chi connectivity index (χ0) is 23.3. The van der Waals surface area contributed by atoms with Crippen LogP contribution < -0.4 is 26.3 Å². The molecule has 0 aliphatic carbocycles. The molecule has 0 atom stereocenters. The first kappa shape index (κ1) is 27.0. The number of hydrogen-bond acceptors (Lipinski definition) is 4. The SMILES string of the molecule is CN(Cc1ccc[n+](Cc2ccc(S(=O)(=O)F)cc2)c1)C(=O)COc1ccc(Cl)c(Cl)c1.[Br-]. The predicted molar refractivity (Wildman–Crippen MR) is 119 cm³/mol. The van der Waals surface area contributed by atoms with E-state index in [0.29, 0.717) is 28.9 Å². The van der Waals surface area contributed by atoms with Gasteiger partial charge in [-0.3, -0.25) is 4.79 Å². The van der Waals surface area contributed by atoms with Gasteiger partial charge < -0.3 is 26.6 Å². The molecule has 1 aromatic heterocycles. The predicted octanol–water partition coefficient (Wildman–Crippen LogP) is 1.03. The highest BCUT2D eigenvalue weighted by Crippen LogP contribution is 2.26. The van der Waals surface area contributed by atoms with E-state index in [4.69, 9.17) is 27.9 Å². The van der Waals surface area contributed by atoms with Crippen molar-refractivity contribution in [1.82, 2.24) is 4.90 Å². The van der Waals surface area contributed by atoms with E-state index in [1.54, 1.807) is 37.4 Å². The lowest BCUT2D eigenvalue weighted by Crippen LogP contribution is -3.00. The minimum Gasteiger partial charge on any atom is -1.00 e. The van der Waals surface area contributed by atoms with Crippen LogP contribution in [0, 0.1) is 0 Å². The van der Waals surface area contributed by atoms with Crippen molar-refractivity contribution in [2.75, 3.05) is 13.7 Å². The fourth-order valence-corrected chi connectivity index (χ4v) is 3.67. The Bertz CT molecular complexity index is 1230. The number of rotatable bonds is 8. The summed E-state index contributed by atoms with van der Waals surface area (Å²) in [7, 11) is -3.04. The van der Waals surface area contributed by atoms with Crippen molar-refractivity contribution in [2.45, 2.75) is 18.0 Å². The molecule has 0 spiro atoms. The van der Waals surface area contributed by atoms with Crippen molar-refractivity contribution in [1.29, 1.82) is 0 Å². The average molecular weight is 578 g/mol. The summed E-state index contributed by atoms with van der Waals surface area (Å²) in [6.45, 7) is 0.674. The maximum absolute atomic E-state index is 13.0. The fourth-order valence-electron chi connectivity index (χ4n) is 2.92. The van der Waals surface area contributed by atoms with Gasteiger partial charge in [0.05, 0.1) is 21.5 Å². The summed E-state index contributed by atoms with van der Waals surface area (Å²) >= 11 is 11.8. The first-order chi connectivity index (χ1) is 15.1. The molecule has 0 saturated heterocycles. The Morgan fingerprint density at radius 3 is 2.39 bits per heavy atom. The highest BCUT2D eigenvalue weighted by atomic mass is 79.9. The third-order valence-electron chi connectivity index (χ3n) is 4.59. The van der Waals surface area contributed by atoms with E-state index in [1.807, 2.05) is 29.1 Å². The number of amides is 1. The van der Waals surface area contributed by atoms with Gasteiger partial charge in [-0.05, 0) is 30.3 Å². The van der Waals surface area contributed by atoms with Gasteiger partial charge in [0, 0.05) is 30.3 Å². The van der Waals surface area contributed by atoms with Crippen LogP contribution in [-0.4, -0.2) is 32.9 Å². The molecular weight excluding hydrogens is 558 g/mol. The maximum atomic E-state index is 13.0. The van der Waals surface area contributed by atoms with Crippen LogP contribution in [0.2, 0.25) is 10.0 Å². The van der Waals surface area contributed by atoms with Crippen LogP contribution >= 0.6 is 23.2 Å². The minimum atomic E-state index is -4.71. The monoisotopic (exact) mass is 576 g/mol. The van der Waals surface area contributed by atoms with Gasteiger partial charge in [0.1, 0.15) is 5.75 Å². The molecule has 3 aromatic rings. The molecule has 0 N–H and O–H groups in total. The second kappa shape index (κ2) is 11.8. The van der Waals surface area contributed by atoms with E-state index in [-0.39, 0.29) is 34.4 Å². The number of likely N-dealkylation sites (N-methyl/N-ethyl adjacent to an activating group) is 1. The van der Waals surface area contributed by atoms with Crippen molar-refractivity contribution in [3.63, 3.8) is 0 Å². The number of aromatic nitrogens is 1.